The second-order valence-electron chi connectivity index (χ2n) is 9.37. The van der Waals surface area contributed by atoms with Crippen LogP contribution in [0.5, 0.6) is 0 Å². The third kappa shape index (κ3) is 6.19. The monoisotopic (exact) mass is 518 g/mol. The Bertz CT molecular complexity index is 1320. The van der Waals surface area contributed by atoms with Crippen LogP contribution in [0.15, 0.2) is 41.3 Å². The molecule has 1 atom stereocenters. The Balaban J connectivity index is 0.000000405. The Labute approximate surface area is 211 Å². The first kappa shape index (κ1) is 26.4. The number of aryl methyl sites for hydroxylation is 1. The van der Waals surface area contributed by atoms with Gasteiger partial charge in [-0.05, 0) is 56.0 Å². The number of carboxylic acid groups (broad SMARTS) is 1. The predicted octanol–water partition coefficient (Wildman–Crippen LogP) is 4.13. The van der Waals surface area contributed by atoms with Gasteiger partial charge in [0.15, 0.2) is 0 Å². The molecule has 1 saturated heterocycles. The van der Waals surface area contributed by atoms with Crippen molar-refractivity contribution >= 4 is 34.3 Å². The molecule has 0 radical (unpaired) electrons. The number of nitrogens with one attached hydrogen (secondary N) is 1. The van der Waals surface area contributed by atoms with E-state index in [1.165, 1.54) is 5.69 Å². The van der Waals surface area contributed by atoms with Crippen molar-refractivity contribution in [1.29, 1.82) is 0 Å². The molecule has 1 saturated carbocycles. The molecule has 37 heavy (non-hydrogen) atoms. The molecule has 2 aliphatic rings. The molecule has 5 rings (SSSR count). The number of fused-ring (bicyclic) bond motifs is 1. The number of alkyl halides is 3. The van der Waals surface area contributed by atoms with Crippen molar-refractivity contribution in [1.82, 2.24) is 14.5 Å². The highest BCUT2D eigenvalue weighted by atomic mass is 19.4. The van der Waals surface area contributed by atoms with Crippen molar-refractivity contribution in [2.45, 2.75) is 57.3 Å². The third-order valence-corrected chi connectivity index (χ3v) is 6.64. The normalized spacial score (nSPS) is 18.1. The number of halogens is 3. The van der Waals surface area contributed by atoms with E-state index >= 15 is 0 Å². The van der Waals surface area contributed by atoms with Crippen LogP contribution in [0.2, 0.25) is 0 Å². The Morgan fingerprint density at radius 3 is 2.38 bits per heavy atom. The molecule has 0 bridgehead atoms. The first-order chi connectivity index (χ1) is 17.5. The summed E-state index contributed by atoms with van der Waals surface area (Å²) >= 11 is 0. The SMILES string of the molecule is Cc1cc(=O)n(C2CCCC2)c2nc(Nc3ccc(N4CCC(N)C4)cc3)ncc12.O=C(O)C(F)(F)F. The predicted molar refractivity (Wildman–Crippen MR) is 134 cm³/mol. The summed E-state index contributed by atoms with van der Waals surface area (Å²) < 4.78 is 33.6. The number of carbonyl (C=O) groups is 1. The van der Waals surface area contributed by atoms with Crippen LogP contribution in [0, 0.1) is 6.92 Å². The molecule has 198 valence electrons. The third-order valence-electron chi connectivity index (χ3n) is 6.64. The lowest BCUT2D eigenvalue weighted by atomic mass is 10.1. The Kier molecular flexibility index (Phi) is 7.67. The quantitative estimate of drug-likeness (QED) is 0.471. The maximum atomic E-state index is 12.8. The summed E-state index contributed by atoms with van der Waals surface area (Å²) in [6, 6.07) is 10.5. The van der Waals surface area contributed by atoms with E-state index < -0.39 is 12.1 Å². The summed E-state index contributed by atoms with van der Waals surface area (Å²) in [4.78, 5) is 33.2. The molecule has 12 heteroatoms. The van der Waals surface area contributed by atoms with Crippen molar-refractivity contribution in [2.24, 2.45) is 5.73 Å². The summed E-state index contributed by atoms with van der Waals surface area (Å²) in [6.07, 6.45) is 2.17. The molecule has 1 aliphatic carbocycles. The Morgan fingerprint density at radius 1 is 1.16 bits per heavy atom. The van der Waals surface area contributed by atoms with Crippen molar-refractivity contribution in [3.63, 3.8) is 0 Å². The number of anilines is 3. The molecule has 2 aromatic heterocycles. The number of hydrogen-bond donors (Lipinski definition) is 3. The number of nitrogens with two attached hydrogens (primary N) is 1. The molecule has 0 spiro atoms. The van der Waals surface area contributed by atoms with Gasteiger partial charge in [-0.2, -0.15) is 18.2 Å². The second-order valence-corrected chi connectivity index (χ2v) is 9.37. The van der Waals surface area contributed by atoms with Crippen molar-refractivity contribution in [3.05, 3.63) is 52.4 Å². The van der Waals surface area contributed by atoms with Gasteiger partial charge in [0.25, 0.3) is 5.56 Å². The summed E-state index contributed by atoms with van der Waals surface area (Å²) in [6.45, 7) is 3.85. The number of carboxylic acids is 1. The van der Waals surface area contributed by atoms with Gasteiger partial charge >= 0.3 is 12.1 Å². The zero-order chi connectivity index (χ0) is 26.7. The highest BCUT2D eigenvalue weighted by molar-refractivity contribution is 5.79. The number of pyridine rings is 1. The van der Waals surface area contributed by atoms with Gasteiger partial charge in [0.1, 0.15) is 5.65 Å². The highest BCUT2D eigenvalue weighted by Gasteiger charge is 2.38. The minimum Gasteiger partial charge on any atom is -0.475 e. The lowest BCUT2D eigenvalue weighted by molar-refractivity contribution is -0.192. The van der Waals surface area contributed by atoms with E-state index in [0.29, 0.717) is 5.95 Å². The molecule has 0 amide bonds. The van der Waals surface area contributed by atoms with Crippen LogP contribution in [-0.2, 0) is 4.79 Å². The van der Waals surface area contributed by atoms with Crippen LogP contribution in [-0.4, -0.2) is 50.9 Å². The number of rotatable bonds is 4. The largest absolute Gasteiger partial charge is 0.490 e. The lowest BCUT2D eigenvalue weighted by Crippen LogP contribution is -2.26. The summed E-state index contributed by atoms with van der Waals surface area (Å²) in [5.74, 6) is -2.25. The number of aliphatic carboxylic acids is 1. The van der Waals surface area contributed by atoms with E-state index in [2.05, 4.69) is 27.3 Å². The van der Waals surface area contributed by atoms with E-state index in [0.717, 1.165) is 67.5 Å². The molecule has 1 aliphatic heterocycles. The van der Waals surface area contributed by atoms with E-state index in [1.807, 2.05) is 29.8 Å². The molecule has 1 aromatic carbocycles. The molecular weight excluding hydrogens is 489 g/mol. The summed E-state index contributed by atoms with van der Waals surface area (Å²) in [5, 5.41) is 11.4. The first-order valence-electron chi connectivity index (χ1n) is 12.1. The number of hydrogen-bond acceptors (Lipinski definition) is 7. The standard InChI is InChI=1S/C23H28N6O.C2HF3O2/c1-15-12-21(30)29(19-4-2-3-5-19)22-20(15)13-25-23(27-22)26-17-6-8-18(9-7-17)28-11-10-16(24)14-28;3-2(4,5)1(6)7/h6-9,12-13,16,19H,2-5,10-11,14,24H2,1H3,(H,25,26,27);(H,6,7). The average Bonchev–Trinajstić information content (AvgIpc) is 3.51. The van der Waals surface area contributed by atoms with E-state index in [1.54, 1.807) is 6.07 Å². The van der Waals surface area contributed by atoms with Gasteiger partial charge in [-0.3, -0.25) is 9.36 Å². The van der Waals surface area contributed by atoms with Gasteiger partial charge < -0.3 is 21.1 Å². The molecule has 4 N–H and O–H groups in total. The van der Waals surface area contributed by atoms with Crippen molar-refractivity contribution < 1.29 is 23.1 Å². The number of benzene rings is 1. The van der Waals surface area contributed by atoms with Crippen LogP contribution in [0.1, 0.15) is 43.7 Å². The first-order valence-corrected chi connectivity index (χ1v) is 12.1. The zero-order valence-corrected chi connectivity index (χ0v) is 20.3. The second kappa shape index (κ2) is 10.8. The lowest BCUT2D eigenvalue weighted by Gasteiger charge is -2.19. The highest BCUT2D eigenvalue weighted by Crippen LogP contribution is 2.31. The van der Waals surface area contributed by atoms with Crippen LogP contribution >= 0.6 is 0 Å². The molecular formula is C25H29F3N6O3. The fourth-order valence-corrected chi connectivity index (χ4v) is 4.75. The van der Waals surface area contributed by atoms with Crippen LogP contribution in [0.25, 0.3) is 11.0 Å². The summed E-state index contributed by atoms with van der Waals surface area (Å²) in [5.41, 5.74) is 9.80. The van der Waals surface area contributed by atoms with E-state index in [-0.39, 0.29) is 17.6 Å². The fourth-order valence-electron chi connectivity index (χ4n) is 4.75. The van der Waals surface area contributed by atoms with Gasteiger partial charge in [0.05, 0.1) is 0 Å². The average molecular weight is 519 g/mol. The van der Waals surface area contributed by atoms with Crippen LogP contribution < -0.4 is 21.5 Å². The number of aromatic nitrogens is 3. The molecule has 1 unspecified atom stereocenters. The Hall–Kier alpha value is -3.67. The minimum absolute atomic E-state index is 0.0322. The molecule has 3 aromatic rings. The van der Waals surface area contributed by atoms with Crippen LogP contribution in [0.3, 0.4) is 0 Å². The molecule has 3 heterocycles. The van der Waals surface area contributed by atoms with E-state index in [4.69, 9.17) is 20.6 Å². The molecule has 9 nitrogen and oxygen atoms in total. The van der Waals surface area contributed by atoms with Crippen LogP contribution in [0.4, 0.5) is 30.5 Å². The fraction of sp³-hybridized carbons (Fsp3) is 0.440. The topological polar surface area (TPSA) is 126 Å². The maximum Gasteiger partial charge on any atom is 0.490 e. The van der Waals surface area contributed by atoms with Crippen molar-refractivity contribution in [2.75, 3.05) is 23.3 Å². The van der Waals surface area contributed by atoms with Gasteiger partial charge in [-0.1, -0.05) is 12.8 Å². The molecule has 2 fully saturated rings. The maximum absolute atomic E-state index is 12.8. The van der Waals surface area contributed by atoms with Gasteiger partial charge in [-0.25, -0.2) is 9.78 Å². The zero-order valence-electron chi connectivity index (χ0n) is 20.3. The van der Waals surface area contributed by atoms with Crippen molar-refractivity contribution in [3.8, 4) is 0 Å². The number of nitrogens with zero attached hydrogens (tertiary/aromatic N) is 4. The Morgan fingerprint density at radius 2 is 1.81 bits per heavy atom. The van der Waals surface area contributed by atoms with Gasteiger partial charge in [-0.15, -0.1) is 0 Å². The van der Waals surface area contributed by atoms with Gasteiger partial charge in [0, 0.05) is 54.2 Å². The minimum atomic E-state index is -5.08. The van der Waals surface area contributed by atoms with E-state index in [9.17, 15) is 18.0 Å². The van der Waals surface area contributed by atoms with Gasteiger partial charge in [0.2, 0.25) is 5.95 Å². The smallest absolute Gasteiger partial charge is 0.475 e. The summed E-state index contributed by atoms with van der Waals surface area (Å²) in [7, 11) is 0.